The summed E-state index contributed by atoms with van der Waals surface area (Å²) in [5.74, 6) is -7.13. The number of benzene rings is 2. The van der Waals surface area contributed by atoms with E-state index in [0.717, 1.165) is 6.07 Å². The molecule has 0 saturated heterocycles. The average Bonchev–Trinajstić information content (AvgIpc) is 3.47. The van der Waals surface area contributed by atoms with E-state index in [0.29, 0.717) is 18.6 Å². The summed E-state index contributed by atoms with van der Waals surface area (Å²) in [6.45, 7) is 5.55. The minimum Gasteiger partial charge on any atom is -0.465 e. The van der Waals surface area contributed by atoms with Crippen molar-refractivity contribution in [2.24, 2.45) is 17.8 Å². The van der Waals surface area contributed by atoms with Crippen molar-refractivity contribution in [1.82, 2.24) is 5.32 Å². The Kier molecular flexibility index (Phi) is 8.56. The number of esters is 1. The predicted octanol–water partition coefficient (Wildman–Crippen LogP) is 4.10. The van der Waals surface area contributed by atoms with E-state index < -0.39 is 62.0 Å². The van der Waals surface area contributed by atoms with Crippen LogP contribution in [0.4, 0.5) is 18.9 Å². The molecule has 218 valence electrons. The fourth-order valence-corrected chi connectivity index (χ4v) is 8.31. The van der Waals surface area contributed by atoms with Gasteiger partial charge in [0.25, 0.3) is 5.91 Å². The van der Waals surface area contributed by atoms with E-state index in [1.165, 1.54) is 12.1 Å². The Labute approximate surface area is 235 Å². The quantitative estimate of drug-likeness (QED) is 0.276. The number of rotatable bonds is 10. The van der Waals surface area contributed by atoms with Crippen LogP contribution in [0.2, 0.25) is 5.02 Å². The molecule has 0 spiro atoms. The van der Waals surface area contributed by atoms with Gasteiger partial charge in [0.15, 0.2) is 27.3 Å². The first-order chi connectivity index (χ1) is 18.7. The smallest absolute Gasteiger partial charge is 0.323 e. The second-order valence-electron chi connectivity index (χ2n) is 10.6. The highest BCUT2D eigenvalue weighted by molar-refractivity contribution is 7.92. The molecule has 3 N–H and O–H groups in total. The van der Waals surface area contributed by atoms with Crippen molar-refractivity contribution in [2.75, 3.05) is 18.5 Å². The van der Waals surface area contributed by atoms with Gasteiger partial charge in [-0.2, -0.15) is 0 Å². The Morgan fingerprint density at radius 3 is 2.40 bits per heavy atom. The Morgan fingerprint density at radius 1 is 1.15 bits per heavy atom. The molecule has 3 aliphatic carbocycles. The van der Waals surface area contributed by atoms with E-state index in [1.54, 1.807) is 6.92 Å². The van der Waals surface area contributed by atoms with Crippen LogP contribution < -0.4 is 10.6 Å². The Balaban J connectivity index is 1.53. The van der Waals surface area contributed by atoms with Gasteiger partial charge in [0, 0.05) is 35.8 Å². The molecular formula is C27H30ClF3N2O6S. The summed E-state index contributed by atoms with van der Waals surface area (Å²) < 4.78 is 72.9. The molecule has 3 saturated carbocycles. The molecule has 2 unspecified atom stereocenters. The Morgan fingerprint density at radius 2 is 1.80 bits per heavy atom. The first kappa shape index (κ1) is 30.3. The number of anilines is 1. The number of carbonyl (C=O) groups excluding carboxylic acids is 2. The first-order valence-electron chi connectivity index (χ1n) is 12.8. The number of aliphatic hydroxyl groups is 1. The minimum absolute atomic E-state index is 0.00299. The number of hydrogen-bond acceptors (Lipinski definition) is 7. The molecule has 2 aromatic carbocycles. The van der Waals surface area contributed by atoms with Crippen LogP contribution in [0.25, 0.3) is 0 Å². The third kappa shape index (κ3) is 5.46. The van der Waals surface area contributed by atoms with Crippen LogP contribution in [0.3, 0.4) is 0 Å². The predicted molar refractivity (Wildman–Crippen MR) is 141 cm³/mol. The van der Waals surface area contributed by atoms with Crippen LogP contribution in [-0.4, -0.2) is 55.4 Å². The van der Waals surface area contributed by atoms with Gasteiger partial charge in [-0.1, -0.05) is 25.4 Å². The molecule has 0 heterocycles. The van der Waals surface area contributed by atoms with E-state index >= 15 is 0 Å². The maximum absolute atomic E-state index is 13.7. The monoisotopic (exact) mass is 602 g/mol. The van der Waals surface area contributed by atoms with E-state index in [1.807, 2.05) is 13.8 Å². The average molecular weight is 603 g/mol. The number of amides is 1. The largest absolute Gasteiger partial charge is 0.465 e. The zero-order valence-electron chi connectivity index (χ0n) is 22.0. The molecule has 8 nitrogen and oxygen atoms in total. The van der Waals surface area contributed by atoms with Crippen LogP contribution in [0.1, 0.15) is 44.0 Å². The van der Waals surface area contributed by atoms with Crippen LogP contribution >= 0.6 is 11.6 Å². The highest BCUT2D eigenvalue weighted by Gasteiger charge is 2.66. The van der Waals surface area contributed by atoms with Crippen molar-refractivity contribution in [3.05, 3.63) is 58.4 Å². The molecule has 5 rings (SSSR count). The minimum atomic E-state index is -4.14. The summed E-state index contributed by atoms with van der Waals surface area (Å²) >= 11 is 6.24. The molecule has 5 atom stereocenters. The summed E-state index contributed by atoms with van der Waals surface area (Å²) in [5, 5.41) is 15.6. The van der Waals surface area contributed by atoms with E-state index in [2.05, 4.69) is 10.6 Å². The van der Waals surface area contributed by atoms with Gasteiger partial charge in [0.05, 0.1) is 27.4 Å². The van der Waals surface area contributed by atoms with E-state index in [9.17, 15) is 36.3 Å². The molecule has 0 aliphatic heterocycles. The highest BCUT2D eigenvalue weighted by Crippen LogP contribution is 2.59. The van der Waals surface area contributed by atoms with Crippen LogP contribution in [0.5, 0.6) is 0 Å². The van der Waals surface area contributed by atoms with Crippen molar-refractivity contribution in [3.8, 4) is 0 Å². The maximum atomic E-state index is 13.7. The lowest BCUT2D eigenvalue weighted by Crippen LogP contribution is -2.60. The Bertz CT molecular complexity index is 1420. The number of sulfone groups is 1. The highest BCUT2D eigenvalue weighted by atomic mass is 35.5. The van der Waals surface area contributed by atoms with Gasteiger partial charge < -0.3 is 20.5 Å². The van der Waals surface area contributed by atoms with Gasteiger partial charge in [-0.05, 0) is 49.8 Å². The van der Waals surface area contributed by atoms with Crippen molar-refractivity contribution < 1.29 is 41.0 Å². The molecule has 3 aliphatic rings. The number of hydrogen-bond donors (Lipinski definition) is 3. The van der Waals surface area contributed by atoms with Crippen molar-refractivity contribution in [2.45, 2.75) is 55.4 Å². The molecule has 1 amide bonds. The summed E-state index contributed by atoms with van der Waals surface area (Å²) in [6.07, 6.45) is 0.630. The summed E-state index contributed by atoms with van der Waals surface area (Å²) in [5.41, 5.74) is -1.89. The van der Waals surface area contributed by atoms with Gasteiger partial charge in [-0.25, -0.2) is 21.6 Å². The van der Waals surface area contributed by atoms with Gasteiger partial charge in [0.2, 0.25) is 0 Å². The third-order valence-electron chi connectivity index (χ3n) is 7.81. The number of fused-ring (bicyclic) bond motifs is 1. The summed E-state index contributed by atoms with van der Waals surface area (Å²) in [6, 6.07) is 4.03. The summed E-state index contributed by atoms with van der Waals surface area (Å²) in [4.78, 5) is 24.7. The summed E-state index contributed by atoms with van der Waals surface area (Å²) in [7, 11) is -4.14. The van der Waals surface area contributed by atoms with Crippen LogP contribution in [-0.2, 0) is 19.4 Å². The molecule has 3 fully saturated rings. The van der Waals surface area contributed by atoms with Crippen LogP contribution in [0.15, 0.2) is 35.2 Å². The molecule has 40 heavy (non-hydrogen) atoms. The number of halogens is 4. The second-order valence-corrected chi connectivity index (χ2v) is 13.1. The van der Waals surface area contributed by atoms with Crippen molar-refractivity contribution >= 4 is 39.0 Å². The lowest BCUT2D eigenvalue weighted by molar-refractivity contribution is -0.148. The number of nitrogens with one attached hydrogen (secondary N) is 2. The SMILES string of the molecule is CCOC(=O)[C@@H](NC[C@@]1(O)C2CC1[C@H](S(=O)(=O)c1cc(C(=O)Nc3cc(F)c(F)c(F)c3)ccc1Cl)C2)C(C)C. The van der Waals surface area contributed by atoms with Gasteiger partial charge in [-0.15, -0.1) is 0 Å². The standard InChI is InChI=1S/C27H30ClF3N2O6S/c1-4-39-26(35)24(13(2)3)32-12-27(36)15-8-17(27)21(9-15)40(37,38)22-7-14(5-6-18(22)28)25(34)33-16-10-19(29)23(31)20(30)11-16/h5-7,10-11,13,15,17,21,24,32,36H,4,8-9,12H2,1-3H3,(H,33,34)/t15?,17?,21-,24+,27-/m1/s1. The van der Waals surface area contributed by atoms with E-state index in [-0.39, 0.29) is 52.6 Å². The maximum Gasteiger partial charge on any atom is 0.323 e. The fourth-order valence-electron chi connectivity index (χ4n) is 5.65. The molecule has 0 radical (unpaired) electrons. The molecule has 0 aromatic heterocycles. The first-order valence-corrected chi connectivity index (χ1v) is 14.7. The zero-order chi connectivity index (χ0) is 29.6. The van der Waals surface area contributed by atoms with Gasteiger partial charge in [0.1, 0.15) is 6.04 Å². The van der Waals surface area contributed by atoms with Crippen molar-refractivity contribution in [3.63, 3.8) is 0 Å². The van der Waals surface area contributed by atoms with Gasteiger partial charge >= 0.3 is 5.97 Å². The molecule has 2 bridgehead atoms. The second kappa shape index (κ2) is 11.3. The van der Waals surface area contributed by atoms with Crippen molar-refractivity contribution in [1.29, 1.82) is 0 Å². The number of ether oxygens (including phenoxy) is 1. The lowest BCUT2D eigenvalue weighted by atomic mass is 9.67. The van der Waals surface area contributed by atoms with Crippen LogP contribution in [0, 0.1) is 35.2 Å². The normalized spacial score (nSPS) is 24.5. The topological polar surface area (TPSA) is 122 Å². The lowest BCUT2D eigenvalue weighted by Gasteiger charge is -2.46. The number of carbonyl (C=O) groups is 2. The fraction of sp³-hybridized carbons (Fsp3) is 0.481. The van der Waals surface area contributed by atoms with E-state index in [4.69, 9.17) is 16.3 Å². The molecular weight excluding hydrogens is 573 g/mol. The Hall–Kier alpha value is -2.67. The van der Waals surface area contributed by atoms with Gasteiger partial charge in [-0.3, -0.25) is 9.59 Å². The zero-order valence-corrected chi connectivity index (χ0v) is 23.6. The molecule has 2 aromatic rings. The molecule has 13 heteroatoms. The third-order valence-corrected chi connectivity index (χ3v) is 10.5.